The molecule has 0 aliphatic carbocycles. The number of likely N-dealkylation sites (tertiary alicyclic amines) is 1. The molecule has 144 valence electrons. The summed E-state index contributed by atoms with van der Waals surface area (Å²) in [6, 6.07) is 6.60. The normalized spacial score (nSPS) is 20.1. The molecule has 0 bridgehead atoms. The fraction of sp³-hybridized carbons (Fsp3) is 0.529. The minimum Gasteiger partial charge on any atom is -0.494 e. The zero-order valence-electron chi connectivity index (χ0n) is 14.3. The SMILES string of the molecule is CCOc1cccc(CCNC(=O)N2C[C@@H](C(F)(F)F)[C@H](C(=O)O)C2)c1. The molecule has 1 saturated heterocycles. The van der Waals surface area contributed by atoms with Crippen LogP contribution in [0.1, 0.15) is 12.5 Å². The molecular weight excluding hydrogens is 353 g/mol. The number of nitrogens with zero attached hydrogens (tertiary/aromatic N) is 1. The van der Waals surface area contributed by atoms with E-state index in [1.54, 1.807) is 6.07 Å². The number of nitrogens with one attached hydrogen (secondary N) is 1. The minimum absolute atomic E-state index is 0.222. The van der Waals surface area contributed by atoms with E-state index in [-0.39, 0.29) is 6.54 Å². The third kappa shape index (κ3) is 5.03. The maximum Gasteiger partial charge on any atom is 0.394 e. The number of hydrogen-bond donors (Lipinski definition) is 2. The van der Waals surface area contributed by atoms with Crippen LogP contribution in [0.4, 0.5) is 18.0 Å². The first kappa shape index (κ1) is 19.9. The lowest BCUT2D eigenvalue weighted by atomic mass is 9.96. The Bertz CT molecular complexity index is 651. The van der Waals surface area contributed by atoms with Gasteiger partial charge in [0, 0.05) is 19.6 Å². The van der Waals surface area contributed by atoms with Crippen molar-refractivity contribution in [3.8, 4) is 5.75 Å². The van der Waals surface area contributed by atoms with Gasteiger partial charge >= 0.3 is 18.2 Å². The van der Waals surface area contributed by atoms with Gasteiger partial charge in [0.2, 0.25) is 0 Å². The Morgan fingerprint density at radius 1 is 1.35 bits per heavy atom. The van der Waals surface area contributed by atoms with Gasteiger partial charge in [0.25, 0.3) is 0 Å². The molecule has 6 nitrogen and oxygen atoms in total. The number of aliphatic carboxylic acids is 1. The standard InChI is InChI=1S/C17H21F3N2O4/c1-2-26-12-5-3-4-11(8-12)6-7-21-16(25)22-9-13(15(23)24)14(10-22)17(18,19)20/h3-5,8,13-14H,2,6-7,9-10H2,1H3,(H,21,25)(H,23,24)/t13-,14-/m1/s1. The number of benzene rings is 1. The number of ether oxygens (including phenoxy) is 1. The van der Waals surface area contributed by atoms with Crippen LogP contribution in [-0.2, 0) is 11.2 Å². The van der Waals surface area contributed by atoms with Gasteiger partial charge in [-0.1, -0.05) is 12.1 Å². The Hall–Kier alpha value is -2.45. The van der Waals surface area contributed by atoms with Gasteiger partial charge < -0.3 is 20.1 Å². The van der Waals surface area contributed by atoms with Crippen molar-refractivity contribution in [2.75, 3.05) is 26.2 Å². The molecule has 9 heteroatoms. The van der Waals surface area contributed by atoms with Gasteiger partial charge in [-0.3, -0.25) is 4.79 Å². The molecule has 1 aromatic carbocycles. The maximum atomic E-state index is 12.9. The summed E-state index contributed by atoms with van der Waals surface area (Å²) in [7, 11) is 0. The Kier molecular flexibility index (Phi) is 6.33. The molecule has 2 rings (SSSR count). The number of rotatable bonds is 6. The summed E-state index contributed by atoms with van der Waals surface area (Å²) in [5.74, 6) is -4.53. The van der Waals surface area contributed by atoms with Crippen LogP contribution in [0.2, 0.25) is 0 Å². The lowest BCUT2D eigenvalue weighted by Crippen LogP contribution is -2.40. The smallest absolute Gasteiger partial charge is 0.394 e. The van der Waals surface area contributed by atoms with Gasteiger partial charge in [-0.15, -0.1) is 0 Å². The van der Waals surface area contributed by atoms with Gasteiger partial charge in [0.1, 0.15) is 5.75 Å². The molecule has 0 saturated carbocycles. The number of alkyl halides is 3. The molecule has 0 unspecified atom stereocenters. The zero-order valence-corrected chi connectivity index (χ0v) is 14.3. The van der Waals surface area contributed by atoms with Gasteiger partial charge in [0.15, 0.2) is 0 Å². The third-order valence-electron chi connectivity index (χ3n) is 4.24. The molecule has 1 aromatic rings. The van der Waals surface area contributed by atoms with E-state index in [0.717, 1.165) is 10.5 Å². The molecule has 0 spiro atoms. The highest BCUT2D eigenvalue weighted by molar-refractivity contribution is 5.77. The number of halogens is 3. The van der Waals surface area contributed by atoms with E-state index >= 15 is 0 Å². The average Bonchev–Trinajstić information content (AvgIpc) is 3.01. The minimum atomic E-state index is -4.65. The fourth-order valence-electron chi connectivity index (χ4n) is 2.93. The predicted molar refractivity (Wildman–Crippen MR) is 87.0 cm³/mol. The summed E-state index contributed by atoms with van der Waals surface area (Å²) in [6.07, 6.45) is -4.18. The van der Waals surface area contributed by atoms with E-state index in [1.165, 1.54) is 0 Å². The Labute approximate surface area is 148 Å². The number of carbonyl (C=O) groups is 2. The third-order valence-corrected chi connectivity index (χ3v) is 4.24. The lowest BCUT2D eigenvalue weighted by Gasteiger charge is -2.18. The quantitative estimate of drug-likeness (QED) is 0.802. The second-order valence-corrected chi connectivity index (χ2v) is 6.06. The van der Waals surface area contributed by atoms with Crippen LogP contribution in [0.3, 0.4) is 0 Å². The van der Waals surface area contributed by atoms with Crippen molar-refractivity contribution >= 4 is 12.0 Å². The second kappa shape index (κ2) is 8.29. The van der Waals surface area contributed by atoms with E-state index in [4.69, 9.17) is 9.84 Å². The number of urea groups is 1. The van der Waals surface area contributed by atoms with E-state index in [9.17, 15) is 22.8 Å². The summed E-state index contributed by atoms with van der Waals surface area (Å²) in [4.78, 5) is 24.0. The van der Waals surface area contributed by atoms with Crippen molar-refractivity contribution in [3.63, 3.8) is 0 Å². The van der Waals surface area contributed by atoms with E-state index in [1.807, 2.05) is 25.1 Å². The van der Waals surface area contributed by atoms with Crippen molar-refractivity contribution in [2.24, 2.45) is 11.8 Å². The molecule has 1 aliphatic rings. The first-order valence-corrected chi connectivity index (χ1v) is 8.26. The van der Waals surface area contributed by atoms with Crippen molar-refractivity contribution < 1.29 is 32.6 Å². The largest absolute Gasteiger partial charge is 0.494 e. The molecule has 2 atom stereocenters. The second-order valence-electron chi connectivity index (χ2n) is 6.06. The summed E-state index contributed by atoms with van der Waals surface area (Å²) in [5, 5.41) is 11.5. The van der Waals surface area contributed by atoms with Crippen molar-refractivity contribution in [3.05, 3.63) is 29.8 Å². The predicted octanol–water partition coefficient (Wildman–Crippen LogP) is 2.53. The maximum absolute atomic E-state index is 12.9. The summed E-state index contributed by atoms with van der Waals surface area (Å²) < 4.78 is 44.2. The van der Waals surface area contributed by atoms with Crippen molar-refractivity contribution in [1.29, 1.82) is 0 Å². The van der Waals surface area contributed by atoms with Gasteiger partial charge in [0.05, 0.1) is 18.4 Å². The number of carbonyl (C=O) groups excluding carboxylic acids is 1. The number of carboxylic acids is 1. The number of hydrogen-bond acceptors (Lipinski definition) is 3. The van der Waals surface area contributed by atoms with Crippen LogP contribution in [-0.4, -0.2) is 54.4 Å². The highest BCUT2D eigenvalue weighted by Gasteiger charge is 2.53. The Morgan fingerprint density at radius 2 is 2.08 bits per heavy atom. The molecule has 1 aliphatic heterocycles. The van der Waals surface area contributed by atoms with Crippen LogP contribution in [0.25, 0.3) is 0 Å². The molecule has 1 fully saturated rings. The average molecular weight is 374 g/mol. The van der Waals surface area contributed by atoms with E-state index in [2.05, 4.69) is 5.32 Å². The van der Waals surface area contributed by atoms with Crippen molar-refractivity contribution in [2.45, 2.75) is 19.5 Å². The molecule has 1 heterocycles. The molecule has 2 amide bonds. The fourth-order valence-corrected chi connectivity index (χ4v) is 2.93. The van der Waals surface area contributed by atoms with Gasteiger partial charge in [-0.05, 0) is 31.0 Å². The first-order valence-electron chi connectivity index (χ1n) is 8.26. The van der Waals surface area contributed by atoms with Crippen LogP contribution < -0.4 is 10.1 Å². The van der Waals surface area contributed by atoms with Gasteiger partial charge in [-0.25, -0.2) is 4.79 Å². The van der Waals surface area contributed by atoms with E-state index in [0.29, 0.717) is 18.8 Å². The molecule has 26 heavy (non-hydrogen) atoms. The highest BCUT2D eigenvalue weighted by atomic mass is 19.4. The number of carboxylic acid groups (broad SMARTS) is 1. The topological polar surface area (TPSA) is 78.9 Å². The van der Waals surface area contributed by atoms with Gasteiger partial charge in [-0.2, -0.15) is 13.2 Å². The Balaban J connectivity index is 1.88. The van der Waals surface area contributed by atoms with Crippen LogP contribution in [0, 0.1) is 11.8 Å². The van der Waals surface area contributed by atoms with Crippen molar-refractivity contribution in [1.82, 2.24) is 10.2 Å². The lowest BCUT2D eigenvalue weighted by molar-refractivity contribution is -0.187. The molecular formula is C17H21F3N2O4. The summed E-state index contributed by atoms with van der Waals surface area (Å²) >= 11 is 0. The van der Waals surface area contributed by atoms with Crippen LogP contribution >= 0.6 is 0 Å². The number of amides is 2. The molecule has 2 N–H and O–H groups in total. The van der Waals surface area contributed by atoms with Crippen LogP contribution in [0.5, 0.6) is 5.75 Å². The zero-order chi connectivity index (χ0) is 19.3. The highest BCUT2D eigenvalue weighted by Crippen LogP contribution is 2.37. The summed E-state index contributed by atoms with van der Waals surface area (Å²) in [5.41, 5.74) is 0.911. The van der Waals surface area contributed by atoms with Crippen LogP contribution in [0.15, 0.2) is 24.3 Å². The van der Waals surface area contributed by atoms with E-state index < -0.39 is 43.1 Å². The monoisotopic (exact) mass is 374 g/mol. The molecule has 0 aromatic heterocycles. The summed E-state index contributed by atoms with van der Waals surface area (Å²) in [6.45, 7) is 1.51. The Morgan fingerprint density at radius 3 is 2.65 bits per heavy atom. The first-order chi connectivity index (χ1) is 12.2. The molecule has 0 radical (unpaired) electrons.